The zero-order valence-electron chi connectivity index (χ0n) is 14.0. The van der Waals surface area contributed by atoms with Crippen LogP contribution in [0.4, 0.5) is 0 Å². The summed E-state index contributed by atoms with van der Waals surface area (Å²) in [5.41, 5.74) is 1.18. The van der Waals surface area contributed by atoms with E-state index in [4.69, 9.17) is 4.74 Å². The van der Waals surface area contributed by atoms with Crippen LogP contribution < -0.4 is 10.3 Å². The van der Waals surface area contributed by atoms with Gasteiger partial charge in [0.25, 0.3) is 5.91 Å². The minimum atomic E-state index is -0.264. The number of carbonyl (C=O) groups excluding carboxylic acids is 1. The van der Waals surface area contributed by atoms with E-state index in [-0.39, 0.29) is 17.5 Å². The largest absolute Gasteiger partial charge is 0.496 e. The fourth-order valence-electron chi connectivity index (χ4n) is 3.39. The number of H-pyrrole nitrogens is 1. The van der Waals surface area contributed by atoms with Crippen molar-refractivity contribution in [1.82, 2.24) is 9.88 Å². The van der Waals surface area contributed by atoms with Crippen LogP contribution in [0.5, 0.6) is 5.75 Å². The summed E-state index contributed by atoms with van der Waals surface area (Å²) < 4.78 is 5.49. The Bertz CT molecular complexity index is 784. The molecule has 1 aliphatic heterocycles. The molecule has 1 saturated heterocycles. The van der Waals surface area contributed by atoms with Crippen LogP contribution in [0.2, 0.25) is 0 Å². The monoisotopic (exact) mass is 326 g/mol. The first kappa shape index (κ1) is 16.3. The number of nitrogens with one attached hydrogen (secondary N) is 1. The normalized spacial score (nSPS) is 20.7. The smallest absolute Gasteiger partial charge is 0.254 e. The molecule has 1 aromatic heterocycles. The van der Waals surface area contributed by atoms with E-state index in [0.717, 1.165) is 24.2 Å². The molecule has 1 amide bonds. The molecule has 1 fully saturated rings. The molecule has 3 rings (SSSR count). The molecule has 0 radical (unpaired) electrons. The van der Waals surface area contributed by atoms with Crippen LogP contribution in [0.15, 0.2) is 47.4 Å². The molecule has 0 saturated carbocycles. The third-order valence-corrected chi connectivity index (χ3v) is 4.60. The number of likely N-dealkylation sites (tertiary alicyclic amines) is 1. The van der Waals surface area contributed by atoms with Gasteiger partial charge in [-0.2, -0.15) is 0 Å². The van der Waals surface area contributed by atoms with E-state index in [1.165, 1.54) is 12.3 Å². The van der Waals surface area contributed by atoms with Crippen LogP contribution in [0.3, 0.4) is 0 Å². The number of para-hydroxylation sites is 1. The number of benzene rings is 1. The minimum absolute atomic E-state index is 0.0378. The van der Waals surface area contributed by atoms with E-state index < -0.39 is 0 Å². The van der Waals surface area contributed by atoms with Gasteiger partial charge in [0.15, 0.2) is 0 Å². The molecule has 2 aromatic rings. The van der Waals surface area contributed by atoms with Crippen LogP contribution in [-0.2, 0) is 0 Å². The lowest BCUT2D eigenvalue weighted by molar-refractivity contribution is 0.0540. The molecule has 24 heavy (non-hydrogen) atoms. The van der Waals surface area contributed by atoms with Gasteiger partial charge in [0.05, 0.1) is 13.2 Å². The van der Waals surface area contributed by atoms with Crippen LogP contribution in [-0.4, -0.2) is 29.4 Å². The molecule has 0 aliphatic carbocycles. The van der Waals surface area contributed by atoms with Gasteiger partial charge < -0.3 is 14.6 Å². The summed E-state index contributed by atoms with van der Waals surface area (Å²) in [5.74, 6) is 1.12. The molecule has 2 heterocycles. The number of amides is 1. The van der Waals surface area contributed by atoms with Crippen LogP contribution in [0.25, 0.3) is 0 Å². The summed E-state index contributed by atoms with van der Waals surface area (Å²) in [7, 11) is 1.65. The first-order chi connectivity index (χ1) is 11.6. The van der Waals surface area contributed by atoms with E-state index in [0.29, 0.717) is 18.0 Å². The zero-order chi connectivity index (χ0) is 17.1. The highest BCUT2D eigenvalue weighted by Crippen LogP contribution is 2.38. The molecule has 0 bridgehead atoms. The zero-order valence-corrected chi connectivity index (χ0v) is 14.0. The van der Waals surface area contributed by atoms with Crippen molar-refractivity contribution in [1.29, 1.82) is 0 Å². The Morgan fingerprint density at radius 3 is 2.79 bits per heavy atom. The van der Waals surface area contributed by atoms with Gasteiger partial charge in [0.2, 0.25) is 5.56 Å². The summed E-state index contributed by atoms with van der Waals surface area (Å²) in [5, 5.41) is 0. The van der Waals surface area contributed by atoms with Crippen molar-refractivity contribution in [2.75, 3.05) is 13.7 Å². The van der Waals surface area contributed by atoms with Crippen molar-refractivity contribution in [2.24, 2.45) is 5.92 Å². The Labute approximate surface area is 141 Å². The van der Waals surface area contributed by atoms with Gasteiger partial charge in [0.1, 0.15) is 5.75 Å². The van der Waals surface area contributed by atoms with Crippen LogP contribution in [0.1, 0.15) is 41.7 Å². The van der Waals surface area contributed by atoms with Crippen LogP contribution >= 0.6 is 0 Å². The summed E-state index contributed by atoms with van der Waals surface area (Å²) in [6.45, 7) is 2.82. The van der Waals surface area contributed by atoms with Gasteiger partial charge in [-0.3, -0.25) is 9.59 Å². The van der Waals surface area contributed by atoms with Gasteiger partial charge >= 0.3 is 0 Å². The van der Waals surface area contributed by atoms with E-state index in [1.54, 1.807) is 13.2 Å². The Morgan fingerprint density at radius 1 is 1.25 bits per heavy atom. The highest BCUT2D eigenvalue weighted by Gasteiger charge is 2.33. The van der Waals surface area contributed by atoms with E-state index >= 15 is 0 Å². The molecule has 5 nitrogen and oxygen atoms in total. The van der Waals surface area contributed by atoms with Crippen molar-refractivity contribution < 1.29 is 9.53 Å². The summed E-state index contributed by atoms with van der Waals surface area (Å²) in [4.78, 5) is 29.0. The molecule has 126 valence electrons. The van der Waals surface area contributed by atoms with Crippen molar-refractivity contribution in [3.05, 3.63) is 64.1 Å². The van der Waals surface area contributed by atoms with E-state index in [2.05, 4.69) is 11.9 Å². The number of methoxy groups -OCH3 is 1. The summed E-state index contributed by atoms with van der Waals surface area (Å²) in [6.07, 6.45) is 3.46. The third-order valence-electron chi connectivity index (χ3n) is 4.60. The lowest BCUT2D eigenvalue weighted by atomic mass is 9.89. The van der Waals surface area contributed by atoms with Crippen molar-refractivity contribution >= 4 is 5.91 Å². The summed E-state index contributed by atoms with van der Waals surface area (Å²) in [6, 6.07) is 10.8. The maximum absolute atomic E-state index is 13.0. The number of nitrogens with zero attached hydrogens (tertiary/aromatic N) is 1. The number of ether oxygens (including phenoxy) is 1. The highest BCUT2D eigenvalue weighted by molar-refractivity contribution is 5.94. The maximum Gasteiger partial charge on any atom is 0.254 e. The van der Waals surface area contributed by atoms with Gasteiger partial charge in [-0.1, -0.05) is 25.1 Å². The Morgan fingerprint density at radius 2 is 2.04 bits per heavy atom. The second-order valence-corrected chi connectivity index (χ2v) is 6.34. The minimum Gasteiger partial charge on any atom is -0.496 e. The first-order valence-corrected chi connectivity index (χ1v) is 8.22. The molecular formula is C19H22N2O3. The summed E-state index contributed by atoms with van der Waals surface area (Å²) >= 11 is 0. The molecular weight excluding hydrogens is 304 g/mol. The second-order valence-electron chi connectivity index (χ2n) is 6.34. The molecule has 1 N–H and O–H groups in total. The maximum atomic E-state index is 13.0. The van der Waals surface area contributed by atoms with Gasteiger partial charge in [-0.05, 0) is 30.9 Å². The predicted octanol–water partition coefficient (Wildman–Crippen LogP) is 3.00. The number of carbonyl (C=O) groups is 1. The van der Waals surface area contributed by atoms with E-state index in [9.17, 15) is 9.59 Å². The number of piperidine rings is 1. The molecule has 1 aliphatic rings. The Hall–Kier alpha value is -2.56. The van der Waals surface area contributed by atoms with Crippen molar-refractivity contribution in [3.63, 3.8) is 0 Å². The molecule has 1 aromatic carbocycles. The average Bonchev–Trinajstić information content (AvgIpc) is 2.61. The fraction of sp³-hybridized carbons (Fsp3) is 0.368. The second kappa shape index (κ2) is 6.91. The Balaban J connectivity index is 1.98. The predicted molar refractivity (Wildman–Crippen MR) is 92.2 cm³/mol. The number of pyridine rings is 1. The average molecular weight is 326 g/mol. The third kappa shape index (κ3) is 3.20. The van der Waals surface area contributed by atoms with Gasteiger partial charge in [-0.15, -0.1) is 0 Å². The van der Waals surface area contributed by atoms with Crippen LogP contribution in [0, 0.1) is 5.92 Å². The standard InChI is InChI=1S/C19H22N2O3/c1-13-7-8-16(15-5-3-4-6-17(15)24-2)21(12-13)19(23)14-9-10-20-18(22)11-14/h3-6,9-11,13,16H,7-8,12H2,1-2H3,(H,20,22)/t13-,16+/m0/s1. The quantitative estimate of drug-likeness (QED) is 0.943. The van der Waals surface area contributed by atoms with Crippen molar-refractivity contribution in [3.8, 4) is 5.75 Å². The lowest BCUT2D eigenvalue weighted by Gasteiger charge is -2.39. The number of rotatable bonds is 3. The topological polar surface area (TPSA) is 62.4 Å². The molecule has 0 unspecified atom stereocenters. The first-order valence-electron chi connectivity index (χ1n) is 8.22. The number of hydrogen-bond donors (Lipinski definition) is 1. The lowest BCUT2D eigenvalue weighted by Crippen LogP contribution is -2.42. The van der Waals surface area contributed by atoms with Gasteiger partial charge in [0, 0.05) is 29.9 Å². The molecule has 0 spiro atoms. The molecule has 2 atom stereocenters. The van der Waals surface area contributed by atoms with Crippen molar-refractivity contribution in [2.45, 2.75) is 25.8 Å². The number of aromatic nitrogens is 1. The molecule has 5 heteroatoms. The number of hydrogen-bond acceptors (Lipinski definition) is 3. The Kier molecular flexibility index (Phi) is 4.69. The SMILES string of the molecule is COc1ccccc1[C@H]1CC[C@H](C)CN1C(=O)c1cc[nH]c(=O)c1. The van der Waals surface area contributed by atoms with Gasteiger partial charge in [-0.25, -0.2) is 0 Å². The van der Waals surface area contributed by atoms with E-state index in [1.807, 2.05) is 29.2 Å². The fourth-order valence-corrected chi connectivity index (χ4v) is 3.39. The number of aromatic amines is 1. The highest BCUT2D eigenvalue weighted by atomic mass is 16.5.